The molecule has 10 heteroatoms. The molecule has 3 rings (SSSR count). The Morgan fingerprint density at radius 3 is 2.52 bits per heavy atom. The van der Waals surface area contributed by atoms with Crippen LogP contribution in [0.1, 0.15) is 24.5 Å². The summed E-state index contributed by atoms with van der Waals surface area (Å²) in [4.78, 5) is 25.8. The lowest BCUT2D eigenvalue weighted by Gasteiger charge is -2.36. The maximum Gasteiger partial charge on any atom is 0.271 e. The number of anilines is 1. The number of nitro groups is 1. The molecule has 31 heavy (non-hydrogen) atoms. The van der Waals surface area contributed by atoms with Gasteiger partial charge >= 0.3 is 0 Å². The van der Waals surface area contributed by atoms with Crippen LogP contribution in [-0.2, 0) is 27.8 Å². The number of benzene rings is 2. The van der Waals surface area contributed by atoms with Crippen LogP contribution in [0, 0.1) is 10.1 Å². The van der Waals surface area contributed by atoms with Crippen molar-refractivity contribution in [2.24, 2.45) is 0 Å². The van der Waals surface area contributed by atoms with Gasteiger partial charge in [0.25, 0.3) is 5.69 Å². The van der Waals surface area contributed by atoms with E-state index >= 15 is 0 Å². The fraction of sp³-hybridized carbons (Fsp3) is 0.381. The van der Waals surface area contributed by atoms with Gasteiger partial charge in [0.1, 0.15) is 17.5 Å². The predicted octanol–water partition coefficient (Wildman–Crippen LogP) is 2.73. The van der Waals surface area contributed by atoms with E-state index in [9.17, 15) is 23.3 Å². The van der Waals surface area contributed by atoms with E-state index in [-0.39, 0.29) is 29.5 Å². The molecule has 0 aliphatic carbocycles. The van der Waals surface area contributed by atoms with Gasteiger partial charge < -0.3 is 9.64 Å². The van der Waals surface area contributed by atoms with Gasteiger partial charge in [0.15, 0.2) is 0 Å². The summed E-state index contributed by atoms with van der Waals surface area (Å²) in [6.07, 6.45) is 1.85. The van der Waals surface area contributed by atoms with Crippen molar-refractivity contribution >= 4 is 27.3 Å². The number of carbonyl (C=O) groups excluding carboxylic acids is 1. The molecule has 9 nitrogen and oxygen atoms in total. The maximum absolute atomic E-state index is 13.5. The lowest BCUT2D eigenvalue weighted by atomic mass is 9.99. The van der Waals surface area contributed by atoms with Crippen molar-refractivity contribution in [3.63, 3.8) is 0 Å². The molecule has 0 aromatic heterocycles. The van der Waals surface area contributed by atoms with Crippen LogP contribution in [0.3, 0.4) is 0 Å². The van der Waals surface area contributed by atoms with E-state index in [1.165, 1.54) is 24.8 Å². The van der Waals surface area contributed by atoms with E-state index in [1.807, 2.05) is 24.3 Å². The number of sulfonamides is 1. The van der Waals surface area contributed by atoms with Gasteiger partial charge in [0.05, 0.1) is 18.3 Å². The Hall–Kier alpha value is -3.14. The zero-order chi connectivity index (χ0) is 22.8. The molecule has 0 radical (unpaired) electrons. The Kier molecular flexibility index (Phi) is 6.49. The lowest BCUT2D eigenvalue weighted by Crippen LogP contribution is -2.51. The Morgan fingerprint density at radius 2 is 1.94 bits per heavy atom. The topological polar surface area (TPSA) is 110 Å². The highest BCUT2D eigenvalue weighted by molar-refractivity contribution is 7.92. The first kappa shape index (κ1) is 22.5. The molecule has 0 spiro atoms. The van der Waals surface area contributed by atoms with E-state index in [1.54, 1.807) is 11.8 Å². The fourth-order valence-corrected chi connectivity index (χ4v) is 5.08. The number of carbonyl (C=O) groups is 1. The molecule has 1 atom stereocenters. The second kappa shape index (κ2) is 8.93. The van der Waals surface area contributed by atoms with Gasteiger partial charge in [-0.05, 0) is 30.0 Å². The highest BCUT2D eigenvalue weighted by atomic mass is 32.2. The molecule has 1 unspecified atom stereocenters. The van der Waals surface area contributed by atoms with Crippen molar-refractivity contribution in [2.45, 2.75) is 32.4 Å². The van der Waals surface area contributed by atoms with Gasteiger partial charge in [-0.1, -0.05) is 31.2 Å². The third-order valence-electron chi connectivity index (χ3n) is 5.37. The molecule has 2 aromatic carbocycles. The van der Waals surface area contributed by atoms with Crippen LogP contribution in [0.5, 0.6) is 5.75 Å². The van der Waals surface area contributed by atoms with Crippen LogP contribution >= 0.6 is 0 Å². The number of hydrogen-bond acceptors (Lipinski definition) is 6. The predicted molar refractivity (Wildman–Crippen MR) is 117 cm³/mol. The van der Waals surface area contributed by atoms with Gasteiger partial charge in [-0.15, -0.1) is 0 Å². The van der Waals surface area contributed by atoms with Gasteiger partial charge in [-0.2, -0.15) is 0 Å². The van der Waals surface area contributed by atoms with Crippen molar-refractivity contribution in [1.82, 2.24) is 4.90 Å². The van der Waals surface area contributed by atoms with E-state index in [4.69, 9.17) is 4.74 Å². The second-order valence-corrected chi connectivity index (χ2v) is 9.23. The summed E-state index contributed by atoms with van der Waals surface area (Å²) in [7, 11) is -2.62. The first-order valence-corrected chi connectivity index (χ1v) is 11.7. The molecule has 1 aliphatic heterocycles. The maximum atomic E-state index is 13.5. The van der Waals surface area contributed by atoms with Gasteiger partial charge in [-0.25, -0.2) is 8.42 Å². The Morgan fingerprint density at radius 1 is 1.26 bits per heavy atom. The SMILES string of the molecule is CCC(C(=O)N1CCc2ccccc2C1)N(c1cc([N+](=O)[O-])ccc1OC)S(C)(=O)=O. The van der Waals surface area contributed by atoms with Gasteiger partial charge in [0, 0.05) is 25.2 Å². The third-order valence-corrected chi connectivity index (χ3v) is 6.53. The van der Waals surface area contributed by atoms with Crippen LogP contribution in [0.25, 0.3) is 0 Å². The summed E-state index contributed by atoms with van der Waals surface area (Å²) < 4.78 is 31.8. The summed E-state index contributed by atoms with van der Waals surface area (Å²) >= 11 is 0. The number of non-ortho nitro benzene ring substituents is 1. The van der Waals surface area contributed by atoms with Gasteiger partial charge in [-0.3, -0.25) is 19.2 Å². The minimum atomic E-state index is -3.97. The van der Waals surface area contributed by atoms with Crippen LogP contribution in [0.2, 0.25) is 0 Å². The Bertz CT molecular complexity index is 1100. The van der Waals surface area contributed by atoms with Gasteiger partial charge in [0.2, 0.25) is 15.9 Å². The molecule has 1 aliphatic rings. The number of hydrogen-bond donors (Lipinski definition) is 0. The summed E-state index contributed by atoms with van der Waals surface area (Å²) in [5, 5.41) is 11.3. The average Bonchev–Trinajstić information content (AvgIpc) is 2.75. The monoisotopic (exact) mass is 447 g/mol. The third kappa shape index (κ3) is 4.63. The molecule has 0 N–H and O–H groups in total. The quantitative estimate of drug-likeness (QED) is 0.477. The molecule has 0 fully saturated rings. The van der Waals surface area contributed by atoms with E-state index < -0.39 is 21.0 Å². The van der Waals surface area contributed by atoms with Crippen LogP contribution in [0.4, 0.5) is 11.4 Å². The van der Waals surface area contributed by atoms with E-state index in [0.29, 0.717) is 19.5 Å². The molecule has 166 valence electrons. The number of methoxy groups -OCH3 is 1. The lowest BCUT2D eigenvalue weighted by molar-refractivity contribution is -0.384. The van der Waals surface area contributed by atoms with Crippen LogP contribution in [-0.4, -0.2) is 50.1 Å². The summed E-state index contributed by atoms with van der Waals surface area (Å²) in [5.74, 6) is -0.220. The highest BCUT2D eigenvalue weighted by Gasteiger charge is 2.37. The van der Waals surface area contributed by atoms with Crippen molar-refractivity contribution in [1.29, 1.82) is 0 Å². The number of fused-ring (bicyclic) bond motifs is 1. The first-order valence-electron chi connectivity index (χ1n) is 9.84. The molecule has 1 heterocycles. The number of ether oxygens (including phenoxy) is 1. The van der Waals surface area contributed by atoms with Crippen LogP contribution in [0.15, 0.2) is 42.5 Å². The standard InChI is InChI=1S/C21H25N3O6S/c1-4-18(21(25)22-12-11-15-7-5-6-8-16(15)14-22)23(31(3,28)29)19-13-17(24(26)27)9-10-20(19)30-2/h5-10,13,18H,4,11-12,14H2,1-3H3. The number of nitrogens with zero attached hydrogens (tertiary/aromatic N) is 3. The summed E-state index contributed by atoms with van der Waals surface area (Å²) in [6, 6.07) is 10.5. The number of amides is 1. The van der Waals surface area contributed by atoms with Crippen molar-refractivity contribution in [3.8, 4) is 5.75 Å². The summed E-state index contributed by atoms with van der Waals surface area (Å²) in [5.41, 5.74) is 1.87. The Balaban J connectivity index is 2.03. The molecule has 2 aromatic rings. The minimum Gasteiger partial charge on any atom is -0.495 e. The van der Waals surface area contributed by atoms with Crippen molar-refractivity contribution in [3.05, 3.63) is 63.7 Å². The minimum absolute atomic E-state index is 0.0307. The molecule has 0 saturated carbocycles. The van der Waals surface area contributed by atoms with Crippen LogP contribution < -0.4 is 9.04 Å². The fourth-order valence-electron chi connectivity index (χ4n) is 3.88. The van der Waals surface area contributed by atoms with E-state index in [2.05, 4.69) is 0 Å². The molecule has 0 saturated heterocycles. The molecular weight excluding hydrogens is 422 g/mol. The smallest absolute Gasteiger partial charge is 0.271 e. The first-order chi connectivity index (χ1) is 14.7. The van der Waals surface area contributed by atoms with E-state index in [0.717, 1.165) is 22.2 Å². The Labute approximate surface area is 181 Å². The molecule has 1 amide bonds. The zero-order valence-electron chi connectivity index (χ0n) is 17.6. The summed E-state index contributed by atoms with van der Waals surface area (Å²) in [6.45, 7) is 2.56. The zero-order valence-corrected chi connectivity index (χ0v) is 18.5. The van der Waals surface area contributed by atoms with Crippen molar-refractivity contribution in [2.75, 3.05) is 24.2 Å². The average molecular weight is 448 g/mol. The number of rotatable bonds is 7. The second-order valence-electron chi connectivity index (χ2n) is 7.37. The molecule has 0 bridgehead atoms. The van der Waals surface area contributed by atoms with Crippen molar-refractivity contribution < 1.29 is 22.9 Å². The highest BCUT2D eigenvalue weighted by Crippen LogP contribution is 2.36. The molecular formula is C21H25N3O6S. The number of nitro benzene ring substituents is 1. The normalized spacial score (nSPS) is 14.5. The largest absolute Gasteiger partial charge is 0.495 e.